The number of anilines is 2. The Bertz CT molecular complexity index is 837. The van der Waals surface area contributed by atoms with E-state index in [1.165, 1.54) is 4.90 Å². The minimum atomic E-state index is -0.462. The molecular formula is C26H41N5O4. The maximum atomic E-state index is 11.8. The lowest BCUT2D eigenvalue weighted by atomic mass is 10.0. The average molecular weight is 488 g/mol. The molecule has 9 nitrogen and oxygen atoms in total. The third-order valence-corrected chi connectivity index (χ3v) is 7.17. The highest BCUT2D eigenvalue weighted by molar-refractivity contribution is 5.85. The number of likely N-dealkylation sites (N-methyl/N-ethyl adjacent to an activating group) is 1. The molecule has 0 saturated carbocycles. The fourth-order valence-electron chi connectivity index (χ4n) is 4.91. The molecule has 1 aromatic rings. The third-order valence-electron chi connectivity index (χ3n) is 7.17. The van der Waals surface area contributed by atoms with Crippen molar-refractivity contribution in [1.82, 2.24) is 15.5 Å². The average Bonchev–Trinajstić information content (AvgIpc) is 2.90. The van der Waals surface area contributed by atoms with Crippen LogP contribution < -0.4 is 20.4 Å². The van der Waals surface area contributed by atoms with Crippen molar-refractivity contribution in [3.8, 4) is 0 Å². The SMILES string of the molecule is CNC(=O)CCC(C=O)N(C)c1ccc(CN2CCC(OC3CCNCC3)CC2)cc1N(C)C=O. The van der Waals surface area contributed by atoms with Gasteiger partial charge in [-0.05, 0) is 62.9 Å². The van der Waals surface area contributed by atoms with Crippen LogP contribution in [-0.2, 0) is 25.7 Å². The molecule has 2 heterocycles. The fourth-order valence-corrected chi connectivity index (χ4v) is 4.91. The minimum absolute atomic E-state index is 0.101. The largest absolute Gasteiger partial charge is 0.375 e. The van der Waals surface area contributed by atoms with Crippen molar-refractivity contribution in [3.05, 3.63) is 23.8 Å². The normalized spacial score (nSPS) is 18.6. The van der Waals surface area contributed by atoms with Gasteiger partial charge in [-0.1, -0.05) is 6.07 Å². The zero-order chi connectivity index (χ0) is 25.2. The number of carbonyl (C=O) groups is 3. The molecule has 194 valence electrons. The zero-order valence-corrected chi connectivity index (χ0v) is 21.4. The van der Waals surface area contributed by atoms with Crippen molar-refractivity contribution in [3.63, 3.8) is 0 Å². The van der Waals surface area contributed by atoms with E-state index in [9.17, 15) is 14.4 Å². The molecule has 2 aliphatic heterocycles. The molecule has 1 atom stereocenters. The molecule has 0 aliphatic carbocycles. The summed E-state index contributed by atoms with van der Waals surface area (Å²) in [4.78, 5) is 40.9. The number of benzene rings is 1. The van der Waals surface area contributed by atoms with Crippen LogP contribution in [0, 0.1) is 0 Å². The number of hydrogen-bond donors (Lipinski definition) is 2. The van der Waals surface area contributed by atoms with Gasteiger partial charge in [-0.3, -0.25) is 14.5 Å². The second-order valence-corrected chi connectivity index (χ2v) is 9.63. The van der Waals surface area contributed by atoms with Gasteiger partial charge in [0.05, 0.1) is 29.6 Å². The number of likely N-dealkylation sites (tertiary alicyclic amines) is 1. The van der Waals surface area contributed by atoms with Crippen LogP contribution in [0.2, 0.25) is 0 Å². The predicted molar refractivity (Wildman–Crippen MR) is 138 cm³/mol. The number of hydrogen-bond acceptors (Lipinski definition) is 7. The number of nitrogens with zero attached hydrogens (tertiary/aromatic N) is 3. The summed E-state index contributed by atoms with van der Waals surface area (Å²) in [5.41, 5.74) is 2.65. The summed E-state index contributed by atoms with van der Waals surface area (Å²) in [5, 5.41) is 5.97. The van der Waals surface area contributed by atoms with Gasteiger partial charge in [-0.15, -0.1) is 0 Å². The molecule has 2 N–H and O–H groups in total. The van der Waals surface area contributed by atoms with Crippen LogP contribution in [0.15, 0.2) is 18.2 Å². The van der Waals surface area contributed by atoms with Gasteiger partial charge in [-0.2, -0.15) is 0 Å². The first-order chi connectivity index (χ1) is 16.9. The number of nitrogens with one attached hydrogen (secondary N) is 2. The van der Waals surface area contributed by atoms with Crippen molar-refractivity contribution in [1.29, 1.82) is 0 Å². The van der Waals surface area contributed by atoms with Crippen LogP contribution in [0.1, 0.15) is 44.1 Å². The standard InChI is InChI=1S/C26H41N5O4/c1-27-26(34)7-5-21(18-32)30(3)24-6-4-20(16-25(24)29(2)19-33)17-31-14-10-23(11-15-31)35-22-8-12-28-13-9-22/h4,6,16,18-19,21-23,28H,5,7-15,17H2,1-3H3,(H,27,34). The highest BCUT2D eigenvalue weighted by atomic mass is 16.5. The maximum absolute atomic E-state index is 11.8. The monoisotopic (exact) mass is 487 g/mol. The number of carbonyl (C=O) groups excluding carboxylic acids is 3. The molecule has 3 rings (SSSR count). The van der Waals surface area contributed by atoms with E-state index in [1.54, 1.807) is 14.1 Å². The highest BCUT2D eigenvalue weighted by Crippen LogP contribution is 2.31. The summed E-state index contributed by atoms with van der Waals surface area (Å²) in [5.74, 6) is -0.101. The van der Waals surface area contributed by atoms with Gasteiger partial charge in [0.15, 0.2) is 0 Å². The number of amides is 2. The lowest BCUT2D eigenvalue weighted by molar-refractivity contribution is -0.120. The molecule has 35 heavy (non-hydrogen) atoms. The van der Waals surface area contributed by atoms with Gasteiger partial charge in [0, 0.05) is 47.2 Å². The summed E-state index contributed by atoms with van der Waals surface area (Å²) in [6.45, 7) is 4.88. The molecule has 0 bridgehead atoms. The van der Waals surface area contributed by atoms with Gasteiger partial charge >= 0.3 is 0 Å². The fraction of sp³-hybridized carbons (Fsp3) is 0.654. The van der Waals surface area contributed by atoms with Crippen molar-refractivity contribution in [2.75, 3.05) is 57.1 Å². The first kappa shape index (κ1) is 27.1. The number of aldehydes is 1. The number of ether oxygens (including phenoxy) is 1. The Kier molecular flexibility index (Phi) is 10.5. The van der Waals surface area contributed by atoms with E-state index in [-0.39, 0.29) is 12.3 Å². The lowest BCUT2D eigenvalue weighted by Crippen LogP contribution is -2.40. The van der Waals surface area contributed by atoms with Gasteiger partial charge in [0.1, 0.15) is 6.29 Å². The van der Waals surface area contributed by atoms with Crippen LogP contribution in [-0.4, -0.2) is 89.1 Å². The summed E-state index contributed by atoms with van der Waals surface area (Å²) < 4.78 is 6.34. The molecule has 2 fully saturated rings. The summed E-state index contributed by atoms with van der Waals surface area (Å²) >= 11 is 0. The van der Waals surface area contributed by atoms with Gasteiger partial charge in [0.2, 0.25) is 12.3 Å². The first-order valence-corrected chi connectivity index (χ1v) is 12.7. The Morgan fingerprint density at radius 1 is 1.14 bits per heavy atom. The molecule has 1 unspecified atom stereocenters. The topological polar surface area (TPSA) is 94.2 Å². The van der Waals surface area contributed by atoms with E-state index < -0.39 is 6.04 Å². The summed E-state index contributed by atoms with van der Waals surface area (Å²) in [7, 11) is 5.13. The Morgan fingerprint density at radius 2 is 1.83 bits per heavy atom. The van der Waals surface area contributed by atoms with Crippen molar-refractivity contribution >= 4 is 30.0 Å². The van der Waals surface area contributed by atoms with E-state index >= 15 is 0 Å². The van der Waals surface area contributed by atoms with E-state index in [0.717, 1.165) is 88.0 Å². The molecular weight excluding hydrogens is 446 g/mol. The minimum Gasteiger partial charge on any atom is -0.375 e. The Balaban J connectivity index is 1.62. The third kappa shape index (κ3) is 7.75. The maximum Gasteiger partial charge on any atom is 0.219 e. The summed E-state index contributed by atoms with van der Waals surface area (Å²) in [6.07, 6.45) is 7.32. The Morgan fingerprint density at radius 3 is 2.46 bits per heavy atom. The predicted octanol–water partition coefficient (Wildman–Crippen LogP) is 1.54. The quantitative estimate of drug-likeness (QED) is 0.432. The summed E-state index contributed by atoms with van der Waals surface area (Å²) in [6, 6.07) is 5.59. The van der Waals surface area contributed by atoms with Crippen molar-refractivity contribution in [2.24, 2.45) is 0 Å². The van der Waals surface area contributed by atoms with E-state index in [2.05, 4.69) is 21.6 Å². The first-order valence-electron chi connectivity index (χ1n) is 12.7. The van der Waals surface area contributed by atoms with Gasteiger partial charge in [0.25, 0.3) is 0 Å². The molecule has 1 aromatic carbocycles. The Labute approximate surface area is 209 Å². The van der Waals surface area contributed by atoms with Crippen LogP contribution >= 0.6 is 0 Å². The van der Waals surface area contributed by atoms with Crippen LogP contribution in [0.3, 0.4) is 0 Å². The van der Waals surface area contributed by atoms with Crippen LogP contribution in [0.4, 0.5) is 11.4 Å². The molecule has 2 saturated heterocycles. The molecule has 9 heteroatoms. The molecule has 2 amide bonds. The smallest absolute Gasteiger partial charge is 0.219 e. The molecule has 0 aromatic heterocycles. The Hall–Kier alpha value is -2.49. The van der Waals surface area contributed by atoms with Crippen molar-refractivity contribution < 1.29 is 19.1 Å². The van der Waals surface area contributed by atoms with Crippen molar-refractivity contribution in [2.45, 2.75) is 63.3 Å². The van der Waals surface area contributed by atoms with Crippen LogP contribution in [0.25, 0.3) is 0 Å². The number of rotatable bonds is 12. The van der Waals surface area contributed by atoms with Crippen LogP contribution in [0.5, 0.6) is 0 Å². The molecule has 2 aliphatic rings. The van der Waals surface area contributed by atoms with Gasteiger partial charge in [-0.25, -0.2) is 0 Å². The second-order valence-electron chi connectivity index (χ2n) is 9.63. The number of piperidine rings is 2. The van der Waals surface area contributed by atoms with Gasteiger partial charge < -0.3 is 30.0 Å². The van der Waals surface area contributed by atoms with E-state index in [0.29, 0.717) is 18.6 Å². The second kappa shape index (κ2) is 13.6. The lowest BCUT2D eigenvalue weighted by Gasteiger charge is -2.35. The molecule has 0 spiro atoms. The van der Waals surface area contributed by atoms with E-state index in [4.69, 9.17) is 4.74 Å². The van der Waals surface area contributed by atoms with E-state index in [1.807, 2.05) is 24.1 Å². The molecule has 0 radical (unpaired) electrons. The zero-order valence-electron chi connectivity index (χ0n) is 21.4. The highest BCUT2D eigenvalue weighted by Gasteiger charge is 2.25.